The van der Waals surface area contributed by atoms with E-state index in [0.29, 0.717) is 33.1 Å². The standard InChI is InChI=1S/C22H21N5O5S/c1-12(2)26-11-14(9-19(26)28)21(30)23-15-5-3-13(4-6-15)20(29)25-22-24-17-8-7-16(27(31)32)10-18(17)33-22/h3-8,10,12,14H,9,11H2,1-2H3,(H,23,30)(H,24,25,29). The number of anilines is 2. The Kier molecular flexibility index (Phi) is 6.05. The van der Waals surface area contributed by atoms with Crippen molar-refractivity contribution >= 4 is 55.8 Å². The number of carbonyl (C=O) groups excluding carboxylic acids is 3. The predicted octanol–water partition coefficient (Wildman–Crippen LogP) is 3.65. The molecule has 1 atom stereocenters. The first-order chi connectivity index (χ1) is 15.7. The van der Waals surface area contributed by atoms with Crippen LogP contribution >= 0.6 is 11.3 Å². The first-order valence-corrected chi connectivity index (χ1v) is 11.1. The smallest absolute Gasteiger partial charge is 0.270 e. The molecule has 33 heavy (non-hydrogen) atoms. The van der Waals surface area contributed by atoms with Crippen LogP contribution in [0.15, 0.2) is 42.5 Å². The molecule has 1 aliphatic rings. The summed E-state index contributed by atoms with van der Waals surface area (Å²) in [6, 6.07) is 10.7. The number of non-ortho nitro benzene ring substituents is 1. The van der Waals surface area contributed by atoms with Crippen LogP contribution in [0.25, 0.3) is 10.2 Å². The number of nitro benzene ring substituents is 1. The second kappa shape index (κ2) is 8.94. The van der Waals surface area contributed by atoms with Gasteiger partial charge in [0.15, 0.2) is 5.13 Å². The molecule has 170 valence electrons. The van der Waals surface area contributed by atoms with Gasteiger partial charge in [0.05, 0.1) is 21.1 Å². The predicted molar refractivity (Wildman–Crippen MR) is 124 cm³/mol. The van der Waals surface area contributed by atoms with Crippen molar-refractivity contribution in [3.63, 3.8) is 0 Å². The minimum absolute atomic E-state index is 0.0263. The summed E-state index contributed by atoms with van der Waals surface area (Å²) in [5.41, 5.74) is 1.40. The molecular weight excluding hydrogens is 446 g/mol. The number of carbonyl (C=O) groups is 3. The molecule has 0 saturated carbocycles. The van der Waals surface area contributed by atoms with Crippen molar-refractivity contribution < 1.29 is 19.3 Å². The number of hydrogen-bond donors (Lipinski definition) is 2. The molecular formula is C22H21N5O5S. The van der Waals surface area contributed by atoms with Crippen molar-refractivity contribution in [1.82, 2.24) is 9.88 Å². The number of benzene rings is 2. The highest BCUT2D eigenvalue weighted by Crippen LogP contribution is 2.29. The fourth-order valence-electron chi connectivity index (χ4n) is 3.61. The topological polar surface area (TPSA) is 135 Å². The van der Waals surface area contributed by atoms with Gasteiger partial charge in [-0.25, -0.2) is 4.98 Å². The van der Waals surface area contributed by atoms with E-state index in [0.717, 1.165) is 11.3 Å². The zero-order chi connectivity index (χ0) is 23.7. The molecule has 1 unspecified atom stereocenters. The maximum atomic E-state index is 12.6. The molecule has 1 aliphatic heterocycles. The largest absolute Gasteiger partial charge is 0.339 e. The molecule has 0 radical (unpaired) electrons. The molecule has 0 aliphatic carbocycles. The number of thiazole rings is 1. The van der Waals surface area contributed by atoms with Gasteiger partial charge in [0.1, 0.15) is 0 Å². The van der Waals surface area contributed by atoms with Crippen molar-refractivity contribution in [2.24, 2.45) is 5.92 Å². The molecule has 3 amide bonds. The number of aromatic nitrogens is 1. The number of hydrogen-bond acceptors (Lipinski definition) is 7. The van der Waals surface area contributed by atoms with Crippen molar-refractivity contribution in [3.05, 3.63) is 58.1 Å². The van der Waals surface area contributed by atoms with Crippen LogP contribution in [0.5, 0.6) is 0 Å². The highest BCUT2D eigenvalue weighted by Gasteiger charge is 2.35. The van der Waals surface area contributed by atoms with Gasteiger partial charge in [0, 0.05) is 42.4 Å². The van der Waals surface area contributed by atoms with E-state index < -0.39 is 16.7 Å². The Hall–Kier alpha value is -3.86. The Balaban J connectivity index is 1.38. The Labute approximate surface area is 192 Å². The zero-order valence-electron chi connectivity index (χ0n) is 17.9. The third kappa shape index (κ3) is 4.82. The second-order valence-corrected chi connectivity index (χ2v) is 9.02. The van der Waals surface area contributed by atoms with Crippen LogP contribution < -0.4 is 10.6 Å². The van der Waals surface area contributed by atoms with Crippen LogP contribution in [-0.2, 0) is 9.59 Å². The normalized spacial score (nSPS) is 15.8. The summed E-state index contributed by atoms with van der Waals surface area (Å²) in [7, 11) is 0. The SMILES string of the molecule is CC(C)N1CC(C(=O)Nc2ccc(C(=O)Nc3nc4ccc([N+](=O)[O-])cc4s3)cc2)CC1=O. The van der Waals surface area contributed by atoms with Crippen LogP contribution in [0.4, 0.5) is 16.5 Å². The fraction of sp³-hybridized carbons (Fsp3) is 0.273. The van der Waals surface area contributed by atoms with Gasteiger partial charge in [-0.15, -0.1) is 0 Å². The lowest BCUT2D eigenvalue weighted by Gasteiger charge is -2.20. The Bertz CT molecular complexity index is 1250. The molecule has 2 N–H and O–H groups in total. The summed E-state index contributed by atoms with van der Waals surface area (Å²) >= 11 is 1.14. The molecule has 2 heterocycles. The van der Waals surface area contributed by atoms with E-state index in [-0.39, 0.29) is 30.0 Å². The van der Waals surface area contributed by atoms with Gasteiger partial charge in [-0.1, -0.05) is 11.3 Å². The third-order valence-corrected chi connectivity index (χ3v) is 6.30. The zero-order valence-corrected chi connectivity index (χ0v) is 18.7. The number of likely N-dealkylation sites (tertiary alicyclic amines) is 1. The summed E-state index contributed by atoms with van der Waals surface area (Å²) in [6.07, 6.45) is 0.190. The summed E-state index contributed by atoms with van der Waals surface area (Å²) < 4.78 is 0.596. The maximum Gasteiger partial charge on any atom is 0.270 e. The Morgan fingerprint density at radius 2 is 1.91 bits per heavy atom. The number of nitrogens with one attached hydrogen (secondary N) is 2. The lowest BCUT2D eigenvalue weighted by Crippen LogP contribution is -2.33. The molecule has 0 bridgehead atoms. The van der Waals surface area contributed by atoms with Gasteiger partial charge in [0.25, 0.3) is 11.6 Å². The summed E-state index contributed by atoms with van der Waals surface area (Å²) in [5, 5.41) is 16.7. The highest BCUT2D eigenvalue weighted by molar-refractivity contribution is 7.22. The van der Waals surface area contributed by atoms with Crippen molar-refractivity contribution in [3.8, 4) is 0 Å². The molecule has 10 nitrogen and oxygen atoms in total. The van der Waals surface area contributed by atoms with E-state index in [1.165, 1.54) is 18.2 Å². The van der Waals surface area contributed by atoms with Gasteiger partial charge in [-0.3, -0.25) is 29.8 Å². The van der Waals surface area contributed by atoms with E-state index in [1.807, 2.05) is 13.8 Å². The van der Waals surface area contributed by atoms with Crippen molar-refractivity contribution in [1.29, 1.82) is 0 Å². The van der Waals surface area contributed by atoms with Crippen LogP contribution in [0.2, 0.25) is 0 Å². The number of rotatable bonds is 6. The molecule has 1 saturated heterocycles. The number of fused-ring (bicyclic) bond motifs is 1. The maximum absolute atomic E-state index is 12.6. The Morgan fingerprint density at radius 1 is 1.18 bits per heavy atom. The van der Waals surface area contributed by atoms with Gasteiger partial charge in [0.2, 0.25) is 11.8 Å². The van der Waals surface area contributed by atoms with Crippen LogP contribution in [0, 0.1) is 16.0 Å². The first kappa shape index (κ1) is 22.3. The summed E-state index contributed by atoms with van der Waals surface area (Å²) in [6.45, 7) is 4.23. The average molecular weight is 468 g/mol. The fourth-order valence-corrected chi connectivity index (χ4v) is 4.50. The van der Waals surface area contributed by atoms with Gasteiger partial charge >= 0.3 is 0 Å². The molecule has 2 aromatic carbocycles. The Morgan fingerprint density at radius 3 is 2.55 bits per heavy atom. The van der Waals surface area contributed by atoms with Gasteiger partial charge in [-0.2, -0.15) is 0 Å². The van der Waals surface area contributed by atoms with Crippen LogP contribution in [0.1, 0.15) is 30.6 Å². The van der Waals surface area contributed by atoms with Crippen molar-refractivity contribution in [2.45, 2.75) is 26.3 Å². The molecule has 3 aromatic rings. The van der Waals surface area contributed by atoms with E-state index in [9.17, 15) is 24.5 Å². The van der Waals surface area contributed by atoms with E-state index >= 15 is 0 Å². The summed E-state index contributed by atoms with van der Waals surface area (Å²) in [4.78, 5) is 53.5. The molecule has 11 heteroatoms. The van der Waals surface area contributed by atoms with Gasteiger partial charge in [-0.05, 0) is 44.2 Å². The lowest BCUT2D eigenvalue weighted by molar-refractivity contribution is -0.384. The van der Waals surface area contributed by atoms with Crippen LogP contribution in [0.3, 0.4) is 0 Å². The highest BCUT2D eigenvalue weighted by atomic mass is 32.1. The molecule has 0 spiro atoms. The minimum Gasteiger partial charge on any atom is -0.339 e. The lowest BCUT2D eigenvalue weighted by atomic mass is 10.1. The molecule has 1 aromatic heterocycles. The summed E-state index contributed by atoms with van der Waals surface area (Å²) in [5.74, 6) is -1.05. The average Bonchev–Trinajstić information content (AvgIpc) is 3.36. The third-order valence-electron chi connectivity index (χ3n) is 5.37. The van der Waals surface area contributed by atoms with Crippen molar-refractivity contribution in [2.75, 3.05) is 17.2 Å². The van der Waals surface area contributed by atoms with E-state index in [1.54, 1.807) is 29.2 Å². The number of nitrogens with zero attached hydrogens (tertiary/aromatic N) is 3. The molecule has 4 rings (SSSR count). The number of amides is 3. The quantitative estimate of drug-likeness (QED) is 0.420. The first-order valence-electron chi connectivity index (χ1n) is 10.3. The second-order valence-electron chi connectivity index (χ2n) is 7.99. The van der Waals surface area contributed by atoms with E-state index in [2.05, 4.69) is 15.6 Å². The molecule has 1 fully saturated rings. The monoisotopic (exact) mass is 467 g/mol. The van der Waals surface area contributed by atoms with Crippen LogP contribution in [-0.4, -0.2) is 45.1 Å². The minimum atomic E-state index is -0.483. The number of nitro groups is 1. The van der Waals surface area contributed by atoms with E-state index in [4.69, 9.17) is 0 Å². The van der Waals surface area contributed by atoms with Gasteiger partial charge < -0.3 is 10.2 Å².